The number of aromatic nitrogens is 1. The first-order chi connectivity index (χ1) is 14.2. The van der Waals surface area contributed by atoms with E-state index in [2.05, 4.69) is 9.88 Å². The fourth-order valence-corrected chi connectivity index (χ4v) is 4.23. The van der Waals surface area contributed by atoms with E-state index in [4.69, 9.17) is 5.73 Å². The summed E-state index contributed by atoms with van der Waals surface area (Å²) >= 11 is 0. The lowest BCUT2D eigenvalue weighted by molar-refractivity contribution is 0.0698. The van der Waals surface area contributed by atoms with Crippen LogP contribution in [0, 0.1) is 0 Å². The molecule has 2 heterocycles. The Morgan fingerprint density at radius 2 is 1.66 bits per heavy atom. The van der Waals surface area contributed by atoms with Gasteiger partial charge in [0.25, 0.3) is 0 Å². The molecule has 1 atom stereocenters. The first kappa shape index (κ1) is 23.8. The number of aliphatic hydroxyl groups is 1. The van der Waals surface area contributed by atoms with E-state index in [-0.39, 0.29) is 11.9 Å². The maximum atomic E-state index is 12.1. The van der Waals surface area contributed by atoms with Crippen LogP contribution >= 0.6 is 0 Å². The first-order valence-corrected chi connectivity index (χ1v) is 11.8. The minimum Gasteiger partial charge on any atom is -0.392 e. The highest BCUT2D eigenvalue weighted by molar-refractivity contribution is 5.99. The smallest absolute Gasteiger partial charge is 0.166 e. The molecule has 1 aliphatic heterocycles. The number of β-amino-alcohol motifs (C(OH)–C–C–N with tert-alkyl or cyclic N) is 1. The summed E-state index contributed by atoms with van der Waals surface area (Å²) in [6.45, 7) is 3.21. The van der Waals surface area contributed by atoms with Gasteiger partial charge in [0.05, 0.1) is 11.7 Å². The number of carbonyl (C=O) groups is 1. The maximum Gasteiger partial charge on any atom is 0.166 e. The van der Waals surface area contributed by atoms with Gasteiger partial charge in [-0.05, 0) is 50.9 Å². The predicted octanol–water partition coefficient (Wildman–Crippen LogP) is 4.98. The molecule has 0 saturated carbocycles. The van der Waals surface area contributed by atoms with Crippen molar-refractivity contribution in [3.63, 3.8) is 0 Å². The molecule has 0 aromatic carbocycles. The number of nitrogen functional groups attached to an aromatic ring is 1. The summed E-state index contributed by atoms with van der Waals surface area (Å²) in [6.07, 6.45) is 18.1. The molecular weight excluding hydrogens is 362 g/mol. The van der Waals surface area contributed by atoms with Crippen molar-refractivity contribution in [3.8, 4) is 0 Å². The van der Waals surface area contributed by atoms with E-state index in [1.54, 1.807) is 18.3 Å². The number of likely N-dealkylation sites (tertiary alicyclic amines) is 1. The second kappa shape index (κ2) is 14.5. The molecule has 0 aliphatic carbocycles. The fourth-order valence-electron chi connectivity index (χ4n) is 4.23. The molecule has 164 valence electrons. The number of rotatable bonds is 15. The van der Waals surface area contributed by atoms with Crippen molar-refractivity contribution in [2.24, 2.45) is 0 Å². The van der Waals surface area contributed by atoms with Gasteiger partial charge in [-0.25, -0.2) is 4.98 Å². The van der Waals surface area contributed by atoms with E-state index < -0.39 is 0 Å². The van der Waals surface area contributed by atoms with E-state index >= 15 is 0 Å². The van der Waals surface area contributed by atoms with Gasteiger partial charge >= 0.3 is 0 Å². The second-order valence-corrected chi connectivity index (χ2v) is 8.60. The minimum atomic E-state index is -0.0933. The number of piperidine rings is 1. The van der Waals surface area contributed by atoms with Crippen molar-refractivity contribution in [2.75, 3.05) is 25.4 Å². The van der Waals surface area contributed by atoms with Gasteiger partial charge in [-0.15, -0.1) is 0 Å². The Morgan fingerprint density at radius 3 is 2.28 bits per heavy atom. The monoisotopic (exact) mass is 403 g/mol. The molecule has 1 aliphatic rings. The molecule has 0 spiro atoms. The van der Waals surface area contributed by atoms with Gasteiger partial charge in [-0.3, -0.25) is 4.79 Å². The number of nitrogens with zero attached hydrogens (tertiary/aromatic N) is 2. The minimum absolute atomic E-state index is 0.0933. The van der Waals surface area contributed by atoms with Gasteiger partial charge in [0.1, 0.15) is 5.82 Å². The number of hydrogen-bond donors (Lipinski definition) is 2. The number of pyridine rings is 1. The van der Waals surface area contributed by atoms with Crippen LogP contribution in [-0.4, -0.2) is 46.5 Å². The van der Waals surface area contributed by atoms with E-state index in [9.17, 15) is 9.90 Å². The molecule has 3 N–H and O–H groups in total. The Balaban J connectivity index is 1.33. The predicted molar refractivity (Wildman–Crippen MR) is 120 cm³/mol. The van der Waals surface area contributed by atoms with Crippen molar-refractivity contribution >= 4 is 11.6 Å². The van der Waals surface area contributed by atoms with E-state index in [1.165, 1.54) is 64.3 Å². The van der Waals surface area contributed by atoms with Crippen LogP contribution < -0.4 is 5.73 Å². The second-order valence-electron chi connectivity index (χ2n) is 8.60. The number of anilines is 1. The lowest BCUT2D eigenvalue weighted by Crippen LogP contribution is -2.38. The summed E-state index contributed by atoms with van der Waals surface area (Å²) in [6, 6.07) is 3.53. The Kier molecular flexibility index (Phi) is 11.9. The van der Waals surface area contributed by atoms with E-state index in [1.807, 2.05) is 0 Å². The Bertz CT molecular complexity index is 579. The third-order valence-corrected chi connectivity index (χ3v) is 6.00. The molecule has 0 amide bonds. The normalized spacial score (nSPS) is 17.5. The summed E-state index contributed by atoms with van der Waals surface area (Å²) in [5.74, 6) is 0.467. The number of unbranched alkanes of at least 4 members (excludes halogenated alkanes) is 10. The van der Waals surface area contributed by atoms with Crippen LogP contribution in [0.25, 0.3) is 0 Å². The zero-order valence-corrected chi connectivity index (χ0v) is 18.2. The van der Waals surface area contributed by atoms with Crippen molar-refractivity contribution in [1.29, 1.82) is 0 Å². The number of carbonyl (C=O) groups excluding carboxylic acids is 1. The van der Waals surface area contributed by atoms with E-state index in [0.29, 0.717) is 17.8 Å². The van der Waals surface area contributed by atoms with Gasteiger partial charge < -0.3 is 15.7 Å². The summed E-state index contributed by atoms with van der Waals surface area (Å²) in [4.78, 5) is 18.5. The molecule has 29 heavy (non-hydrogen) atoms. The van der Waals surface area contributed by atoms with Crippen LogP contribution in [0.15, 0.2) is 18.3 Å². The van der Waals surface area contributed by atoms with Gasteiger partial charge in [0.2, 0.25) is 0 Å². The lowest BCUT2D eigenvalue weighted by atomic mass is 10.0. The summed E-state index contributed by atoms with van der Waals surface area (Å²) in [5, 5.41) is 9.69. The largest absolute Gasteiger partial charge is 0.392 e. The van der Waals surface area contributed by atoms with Crippen LogP contribution in [0.5, 0.6) is 0 Å². The number of nitrogens with two attached hydrogens (primary N) is 1. The van der Waals surface area contributed by atoms with Crippen LogP contribution in [0.3, 0.4) is 0 Å². The molecule has 0 bridgehead atoms. The lowest BCUT2D eigenvalue weighted by Gasteiger charge is -2.29. The highest BCUT2D eigenvalue weighted by atomic mass is 16.3. The molecule has 1 fully saturated rings. The SMILES string of the molecule is Nc1ncccc1C(=O)CCCCCCCCCCCCCN1CCCC(O)C1. The highest BCUT2D eigenvalue weighted by Gasteiger charge is 2.16. The molecule has 0 radical (unpaired) electrons. The van der Waals surface area contributed by atoms with Crippen LogP contribution in [0.1, 0.15) is 100 Å². The number of hydrogen-bond acceptors (Lipinski definition) is 5. The molecule has 2 rings (SSSR count). The number of ketones is 1. The summed E-state index contributed by atoms with van der Waals surface area (Å²) in [5.41, 5.74) is 6.32. The van der Waals surface area contributed by atoms with Gasteiger partial charge in [0.15, 0.2) is 5.78 Å². The quantitative estimate of drug-likeness (QED) is 0.319. The highest BCUT2D eigenvalue weighted by Crippen LogP contribution is 2.16. The zero-order chi connectivity index (χ0) is 20.7. The van der Waals surface area contributed by atoms with Crippen LogP contribution in [0.2, 0.25) is 0 Å². The number of Topliss-reactive ketones (excluding diaryl/α,β-unsaturated/α-hetero) is 1. The molecule has 5 heteroatoms. The third-order valence-electron chi connectivity index (χ3n) is 6.00. The zero-order valence-electron chi connectivity index (χ0n) is 18.2. The van der Waals surface area contributed by atoms with Crippen LogP contribution in [-0.2, 0) is 0 Å². The molecular formula is C24H41N3O2. The van der Waals surface area contributed by atoms with Gasteiger partial charge in [0, 0.05) is 19.2 Å². The number of aliphatic hydroxyl groups excluding tert-OH is 1. The van der Waals surface area contributed by atoms with Crippen molar-refractivity contribution in [1.82, 2.24) is 9.88 Å². The standard InChI is InChI=1S/C24H41N3O2/c25-24-22(15-12-17-26-24)23(29)16-10-8-6-4-2-1-3-5-7-9-11-18-27-19-13-14-21(28)20-27/h12,15,17,21,28H,1-11,13-14,16,18-20H2,(H2,25,26). The Morgan fingerprint density at radius 1 is 1.03 bits per heavy atom. The van der Waals surface area contributed by atoms with Crippen molar-refractivity contribution in [3.05, 3.63) is 23.9 Å². The Labute approximate surface area is 177 Å². The van der Waals surface area contributed by atoms with Gasteiger partial charge in [-0.2, -0.15) is 0 Å². The maximum absolute atomic E-state index is 12.1. The summed E-state index contributed by atoms with van der Waals surface area (Å²) < 4.78 is 0. The molecule has 1 saturated heterocycles. The average Bonchev–Trinajstić information content (AvgIpc) is 2.71. The molecule has 5 nitrogen and oxygen atoms in total. The van der Waals surface area contributed by atoms with E-state index in [0.717, 1.165) is 38.8 Å². The summed E-state index contributed by atoms with van der Waals surface area (Å²) in [7, 11) is 0. The topological polar surface area (TPSA) is 79.5 Å². The molecule has 1 aromatic rings. The van der Waals surface area contributed by atoms with Crippen molar-refractivity contribution in [2.45, 2.75) is 96.0 Å². The molecule has 1 aromatic heterocycles. The van der Waals surface area contributed by atoms with Gasteiger partial charge in [-0.1, -0.05) is 57.8 Å². The fraction of sp³-hybridized carbons (Fsp3) is 0.750. The Hall–Kier alpha value is -1.46. The third kappa shape index (κ3) is 10.2. The molecule has 1 unspecified atom stereocenters. The first-order valence-electron chi connectivity index (χ1n) is 11.8. The van der Waals surface area contributed by atoms with Crippen molar-refractivity contribution < 1.29 is 9.90 Å². The average molecular weight is 404 g/mol. The van der Waals surface area contributed by atoms with Crippen LogP contribution in [0.4, 0.5) is 5.82 Å².